The zero-order valence-electron chi connectivity index (χ0n) is 20.1. The summed E-state index contributed by atoms with van der Waals surface area (Å²) in [4.78, 5) is 20.0. The van der Waals surface area contributed by atoms with Crippen LogP contribution in [0.3, 0.4) is 0 Å². The van der Waals surface area contributed by atoms with Gasteiger partial charge in [-0.15, -0.1) is 0 Å². The lowest BCUT2D eigenvalue weighted by Crippen LogP contribution is -2.58. The summed E-state index contributed by atoms with van der Waals surface area (Å²) in [5.41, 5.74) is 14.4. The Morgan fingerprint density at radius 1 is 1.26 bits per heavy atom. The van der Waals surface area contributed by atoms with E-state index < -0.39 is 5.91 Å². The molecule has 6 N–H and O–H groups in total. The van der Waals surface area contributed by atoms with Gasteiger partial charge in [-0.05, 0) is 85.5 Å². The first-order chi connectivity index (χ1) is 16.8. The number of ether oxygens (including phenoxy) is 1. The number of carbonyl (C=O) groups is 1. The SMILES string of the molecule is Cc1ccc(OCC(N)=O)cc1CNc1ncc(C#N)c(NCC23CC4C[C@H](C2)C(N)[C@@H](C4)C3)n1. The average Bonchev–Trinajstić information content (AvgIpc) is 2.84. The van der Waals surface area contributed by atoms with E-state index in [9.17, 15) is 10.1 Å². The van der Waals surface area contributed by atoms with E-state index in [4.69, 9.17) is 16.2 Å². The van der Waals surface area contributed by atoms with Crippen molar-refractivity contribution in [3.63, 3.8) is 0 Å². The lowest BCUT2D eigenvalue weighted by atomic mass is 9.48. The van der Waals surface area contributed by atoms with Gasteiger partial charge < -0.3 is 26.8 Å². The van der Waals surface area contributed by atoms with Crippen LogP contribution in [-0.2, 0) is 11.3 Å². The third kappa shape index (κ3) is 4.89. The molecule has 1 amide bonds. The van der Waals surface area contributed by atoms with Gasteiger partial charge in [0.1, 0.15) is 23.2 Å². The number of benzene rings is 1. The second-order valence-corrected chi connectivity index (χ2v) is 10.7. The van der Waals surface area contributed by atoms with Crippen LogP contribution in [0.1, 0.15) is 48.8 Å². The normalized spacial score (nSPS) is 28.4. The van der Waals surface area contributed by atoms with Gasteiger partial charge in [-0.2, -0.15) is 10.2 Å². The van der Waals surface area contributed by atoms with Crippen LogP contribution in [0.25, 0.3) is 0 Å². The Morgan fingerprint density at radius 2 is 2.03 bits per heavy atom. The van der Waals surface area contributed by atoms with Crippen LogP contribution < -0.4 is 26.8 Å². The summed E-state index contributed by atoms with van der Waals surface area (Å²) in [7, 11) is 0. The van der Waals surface area contributed by atoms with E-state index in [1.807, 2.05) is 19.1 Å². The molecular formula is C26H33N7O2. The van der Waals surface area contributed by atoms with Gasteiger partial charge in [0.2, 0.25) is 5.95 Å². The maximum atomic E-state index is 11.0. The minimum atomic E-state index is -0.521. The van der Waals surface area contributed by atoms with Crippen LogP contribution in [0.5, 0.6) is 5.75 Å². The van der Waals surface area contributed by atoms with E-state index in [0.29, 0.717) is 47.5 Å². The van der Waals surface area contributed by atoms with Crippen LogP contribution in [0.4, 0.5) is 11.8 Å². The molecule has 4 saturated carbocycles. The summed E-state index contributed by atoms with van der Waals surface area (Å²) in [6.45, 7) is 3.11. The van der Waals surface area contributed by atoms with Gasteiger partial charge in [0.25, 0.3) is 5.91 Å². The van der Waals surface area contributed by atoms with Crippen LogP contribution in [-0.4, -0.2) is 35.1 Å². The minimum Gasteiger partial charge on any atom is -0.484 e. The molecule has 4 aliphatic rings. The number of carbonyl (C=O) groups excluding carboxylic acids is 1. The molecule has 9 heteroatoms. The number of nitrogens with one attached hydrogen (secondary N) is 2. The number of primary amides is 1. The molecule has 1 aromatic carbocycles. The summed E-state index contributed by atoms with van der Waals surface area (Å²) in [6, 6.07) is 8.17. The Balaban J connectivity index is 1.26. The summed E-state index contributed by atoms with van der Waals surface area (Å²) in [6.07, 6.45) is 7.69. The molecule has 6 rings (SSSR count). The van der Waals surface area contributed by atoms with Gasteiger partial charge >= 0.3 is 0 Å². The second kappa shape index (κ2) is 9.34. The lowest BCUT2D eigenvalue weighted by molar-refractivity contribution is -0.119. The van der Waals surface area contributed by atoms with Crippen molar-refractivity contribution in [3.8, 4) is 11.8 Å². The number of nitrogens with zero attached hydrogens (tertiary/aromatic N) is 3. The van der Waals surface area contributed by atoms with Crippen molar-refractivity contribution in [2.24, 2.45) is 34.6 Å². The summed E-state index contributed by atoms with van der Waals surface area (Å²) in [5, 5.41) is 16.4. The predicted octanol–water partition coefficient (Wildman–Crippen LogP) is 2.70. The monoisotopic (exact) mass is 475 g/mol. The smallest absolute Gasteiger partial charge is 0.255 e. The molecule has 0 aliphatic heterocycles. The molecule has 4 aliphatic carbocycles. The number of hydrogen-bond acceptors (Lipinski definition) is 8. The first-order valence-corrected chi connectivity index (χ1v) is 12.4. The van der Waals surface area contributed by atoms with E-state index >= 15 is 0 Å². The molecule has 3 unspecified atom stereocenters. The number of aromatic nitrogens is 2. The largest absolute Gasteiger partial charge is 0.484 e. The zero-order chi connectivity index (χ0) is 24.6. The Labute approximate surface area is 205 Å². The fourth-order valence-corrected chi connectivity index (χ4v) is 6.66. The van der Waals surface area contributed by atoms with Crippen molar-refractivity contribution in [2.45, 2.75) is 51.6 Å². The molecule has 184 valence electrons. The topological polar surface area (TPSA) is 152 Å². The van der Waals surface area contributed by atoms with Crippen LogP contribution in [0.2, 0.25) is 0 Å². The molecule has 0 radical (unpaired) electrons. The Kier molecular flexibility index (Phi) is 6.24. The van der Waals surface area contributed by atoms with Gasteiger partial charge in [-0.1, -0.05) is 6.07 Å². The molecule has 9 nitrogen and oxygen atoms in total. The minimum absolute atomic E-state index is 0.167. The van der Waals surface area contributed by atoms with Crippen LogP contribution >= 0.6 is 0 Å². The fraction of sp³-hybridized carbons (Fsp3) is 0.538. The molecular weight excluding hydrogens is 442 g/mol. The van der Waals surface area contributed by atoms with Crippen molar-refractivity contribution < 1.29 is 9.53 Å². The molecule has 35 heavy (non-hydrogen) atoms. The van der Waals surface area contributed by atoms with Gasteiger partial charge in [-0.3, -0.25) is 4.79 Å². The number of aryl methyl sites for hydroxylation is 1. The maximum absolute atomic E-state index is 11.0. The highest BCUT2D eigenvalue weighted by molar-refractivity contribution is 5.75. The molecule has 5 atom stereocenters. The molecule has 1 heterocycles. The number of rotatable bonds is 9. The molecule has 0 spiro atoms. The van der Waals surface area contributed by atoms with Gasteiger partial charge in [0, 0.05) is 19.1 Å². The van der Waals surface area contributed by atoms with E-state index in [1.165, 1.54) is 32.1 Å². The fourth-order valence-electron chi connectivity index (χ4n) is 6.66. The molecule has 1 aromatic heterocycles. The third-order valence-electron chi connectivity index (χ3n) is 8.15. The summed E-state index contributed by atoms with van der Waals surface area (Å²) >= 11 is 0. The van der Waals surface area contributed by atoms with Crippen LogP contribution in [0, 0.1) is 41.4 Å². The molecule has 0 saturated heterocycles. The van der Waals surface area contributed by atoms with Crippen molar-refractivity contribution in [1.29, 1.82) is 5.26 Å². The third-order valence-corrected chi connectivity index (χ3v) is 8.15. The maximum Gasteiger partial charge on any atom is 0.255 e. The number of nitriles is 1. The molecule has 4 bridgehead atoms. The van der Waals surface area contributed by atoms with Crippen molar-refractivity contribution in [3.05, 3.63) is 41.1 Å². The van der Waals surface area contributed by atoms with Gasteiger partial charge in [-0.25, -0.2) is 4.98 Å². The highest BCUT2D eigenvalue weighted by atomic mass is 16.5. The van der Waals surface area contributed by atoms with Crippen LogP contribution in [0.15, 0.2) is 24.4 Å². The highest BCUT2D eigenvalue weighted by Gasteiger charge is 2.54. The molecule has 4 fully saturated rings. The average molecular weight is 476 g/mol. The zero-order valence-corrected chi connectivity index (χ0v) is 20.1. The van der Waals surface area contributed by atoms with Crippen molar-refractivity contribution in [2.75, 3.05) is 23.8 Å². The Bertz CT molecular complexity index is 1140. The quantitative estimate of drug-likeness (QED) is 0.432. The Morgan fingerprint density at radius 3 is 2.74 bits per heavy atom. The van der Waals surface area contributed by atoms with Crippen molar-refractivity contribution >= 4 is 17.7 Å². The number of amides is 1. The first kappa shape index (κ1) is 23.4. The number of nitrogens with two attached hydrogens (primary N) is 2. The second-order valence-electron chi connectivity index (χ2n) is 10.7. The van der Waals surface area contributed by atoms with E-state index in [1.54, 1.807) is 12.3 Å². The van der Waals surface area contributed by atoms with Gasteiger partial charge in [0.05, 0.1) is 6.20 Å². The lowest BCUT2D eigenvalue weighted by Gasteiger charge is -2.59. The van der Waals surface area contributed by atoms with E-state index in [-0.39, 0.29) is 12.0 Å². The van der Waals surface area contributed by atoms with E-state index in [2.05, 4.69) is 26.7 Å². The first-order valence-electron chi connectivity index (χ1n) is 12.4. The van der Waals surface area contributed by atoms with Crippen molar-refractivity contribution in [1.82, 2.24) is 9.97 Å². The predicted molar refractivity (Wildman–Crippen MR) is 132 cm³/mol. The number of anilines is 2. The van der Waals surface area contributed by atoms with Gasteiger partial charge in [0.15, 0.2) is 6.61 Å². The van der Waals surface area contributed by atoms with E-state index in [0.717, 1.165) is 23.6 Å². The standard InChI is InChI=1S/C26H33N7O2/c1-15-2-3-21(35-13-22(28)34)6-19(15)11-30-25-31-12-20(10-27)24(33-25)32-14-26-7-16-4-17(8-26)23(29)18(5-16)9-26/h2-3,6,12,16-18,23H,4-5,7-9,11,13-14,29H2,1H3,(H2,28,34)(H2,30,31,32,33)/t16?,17-,18+,23?,26?. The Hall–Kier alpha value is -3.38. The summed E-state index contributed by atoms with van der Waals surface area (Å²) < 4.78 is 5.42. The summed E-state index contributed by atoms with van der Waals surface area (Å²) in [5.74, 6) is 3.12. The molecule has 2 aromatic rings. The number of hydrogen-bond donors (Lipinski definition) is 4. The highest BCUT2D eigenvalue weighted by Crippen LogP contribution is 2.59.